The SMILES string of the molecule is CC(O)CN(CCc1ccc(Cl)cc1)CCc1ccc(Cl)cc1. The summed E-state index contributed by atoms with van der Waals surface area (Å²) in [7, 11) is 0. The van der Waals surface area contributed by atoms with E-state index in [0.717, 1.165) is 36.0 Å². The van der Waals surface area contributed by atoms with Crippen LogP contribution in [-0.4, -0.2) is 35.7 Å². The molecule has 2 aromatic rings. The second-order valence-corrected chi connectivity index (χ2v) is 6.78. The Labute approximate surface area is 148 Å². The minimum absolute atomic E-state index is 0.328. The van der Waals surface area contributed by atoms with E-state index in [4.69, 9.17) is 23.2 Å². The van der Waals surface area contributed by atoms with Gasteiger partial charge in [-0.25, -0.2) is 0 Å². The van der Waals surface area contributed by atoms with Gasteiger partial charge in [0.2, 0.25) is 0 Å². The van der Waals surface area contributed by atoms with Crippen LogP contribution in [0, 0.1) is 0 Å². The van der Waals surface area contributed by atoms with Gasteiger partial charge in [0, 0.05) is 29.7 Å². The fraction of sp³-hybridized carbons (Fsp3) is 0.368. The van der Waals surface area contributed by atoms with Gasteiger partial charge in [0.1, 0.15) is 0 Å². The van der Waals surface area contributed by atoms with Crippen molar-refractivity contribution in [3.63, 3.8) is 0 Å². The van der Waals surface area contributed by atoms with Crippen molar-refractivity contribution in [2.75, 3.05) is 19.6 Å². The first kappa shape index (κ1) is 18.3. The van der Waals surface area contributed by atoms with Gasteiger partial charge in [0.25, 0.3) is 0 Å². The number of aliphatic hydroxyl groups excluding tert-OH is 1. The van der Waals surface area contributed by atoms with Crippen molar-refractivity contribution >= 4 is 23.2 Å². The zero-order valence-corrected chi connectivity index (χ0v) is 14.9. The third kappa shape index (κ3) is 6.92. The van der Waals surface area contributed by atoms with Gasteiger partial charge in [-0.1, -0.05) is 47.5 Å². The van der Waals surface area contributed by atoms with Gasteiger partial charge in [-0.2, -0.15) is 0 Å². The Bertz CT molecular complexity index is 532. The summed E-state index contributed by atoms with van der Waals surface area (Å²) in [6.45, 7) is 4.35. The molecule has 0 aliphatic heterocycles. The third-order valence-corrected chi connectivity index (χ3v) is 4.29. The van der Waals surface area contributed by atoms with Crippen LogP contribution in [0.5, 0.6) is 0 Å². The first-order valence-corrected chi connectivity index (χ1v) is 8.68. The number of rotatable bonds is 8. The molecule has 0 fully saturated rings. The number of hydrogen-bond donors (Lipinski definition) is 1. The van der Waals surface area contributed by atoms with Crippen molar-refractivity contribution in [2.24, 2.45) is 0 Å². The lowest BCUT2D eigenvalue weighted by Crippen LogP contribution is -2.34. The predicted molar refractivity (Wildman–Crippen MR) is 98.4 cm³/mol. The monoisotopic (exact) mass is 351 g/mol. The van der Waals surface area contributed by atoms with E-state index < -0.39 is 0 Å². The number of nitrogens with zero attached hydrogens (tertiary/aromatic N) is 1. The summed E-state index contributed by atoms with van der Waals surface area (Å²) in [5.74, 6) is 0. The second kappa shape index (κ2) is 9.29. The molecule has 1 unspecified atom stereocenters. The minimum Gasteiger partial charge on any atom is -0.392 e. The molecule has 0 aliphatic rings. The highest BCUT2D eigenvalue weighted by Gasteiger charge is 2.09. The maximum absolute atomic E-state index is 9.71. The van der Waals surface area contributed by atoms with E-state index in [1.54, 1.807) is 0 Å². The van der Waals surface area contributed by atoms with E-state index in [-0.39, 0.29) is 6.10 Å². The molecule has 0 spiro atoms. The Morgan fingerprint density at radius 2 is 1.22 bits per heavy atom. The molecule has 0 heterocycles. The van der Waals surface area contributed by atoms with Gasteiger partial charge in [-0.15, -0.1) is 0 Å². The molecule has 2 nitrogen and oxygen atoms in total. The molecule has 2 rings (SSSR count). The first-order chi connectivity index (χ1) is 11.0. The van der Waals surface area contributed by atoms with E-state index in [1.807, 2.05) is 31.2 Å². The molecule has 0 radical (unpaired) electrons. The first-order valence-electron chi connectivity index (χ1n) is 7.92. The number of aliphatic hydroxyl groups is 1. The molecule has 0 aliphatic carbocycles. The summed E-state index contributed by atoms with van der Waals surface area (Å²) >= 11 is 11.8. The van der Waals surface area contributed by atoms with Crippen molar-refractivity contribution in [1.29, 1.82) is 0 Å². The molecule has 0 saturated carbocycles. The minimum atomic E-state index is -0.328. The van der Waals surface area contributed by atoms with Gasteiger partial charge >= 0.3 is 0 Å². The summed E-state index contributed by atoms with van der Waals surface area (Å²) in [6.07, 6.45) is 1.57. The lowest BCUT2D eigenvalue weighted by atomic mass is 10.1. The second-order valence-electron chi connectivity index (χ2n) is 5.90. The van der Waals surface area contributed by atoms with Crippen molar-refractivity contribution < 1.29 is 5.11 Å². The normalized spacial score (nSPS) is 12.6. The Morgan fingerprint density at radius 1 is 0.826 bits per heavy atom. The average molecular weight is 352 g/mol. The predicted octanol–water partition coefficient (Wildman–Crippen LogP) is 4.46. The largest absolute Gasteiger partial charge is 0.392 e. The molecule has 2 aromatic carbocycles. The standard InChI is InChI=1S/C19H23Cl2NO/c1-15(23)14-22(12-10-16-2-6-18(20)7-3-16)13-11-17-4-8-19(21)9-5-17/h2-9,15,23H,10-14H2,1H3. The van der Waals surface area contributed by atoms with Crippen LogP contribution in [0.2, 0.25) is 10.0 Å². The van der Waals surface area contributed by atoms with Gasteiger partial charge < -0.3 is 10.0 Å². The van der Waals surface area contributed by atoms with E-state index >= 15 is 0 Å². The topological polar surface area (TPSA) is 23.5 Å². The molecule has 0 bridgehead atoms. The van der Waals surface area contributed by atoms with Crippen LogP contribution < -0.4 is 0 Å². The smallest absolute Gasteiger partial charge is 0.0639 e. The van der Waals surface area contributed by atoms with Crippen molar-refractivity contribution in [3.05, 3.63) is 69.7 Å². The van der Waals surface area contributed by atoms with E-state index in [0.29, 0.717) is 6.54 Å². The number of halogens is 2. The summed E-state index contributed by atoms with van der Waals surface area (Å²) in [4.78, 5) is 2.30. The fourth-order valence-electron chi connectivity index (χ4n) is 2.54. The van der Waals surface area contributed by atoms with Gasteiger partial charge in [0.05, 0.1) is 6.10 Å². The fourth-order valence-corrected chi connectivity index (χ4v) is 2.80. The highest BCUT2D eigenvalue weighted by molar-refractivity contribution is 6.30. The summed E-state index contributed by atoms with van der Waals surface area (Å²) in [5, 5.41) is 11.2. The van der Waals surface area contributed by atoms with E-state index in [1.165, 1.54) is 11.1 Å². The molecular formula is C19H23Cl2NO. The van der Waals surface area contributed by atoms with Crippen molar-refractivity contribution in [2.45, 2.75) is 25.9 Å². The Balaban J connectivity index is 1.88. The molecule has 0 aromatic heterocycles. The Kier molecular flexibility index (Phi) is 7.38. The van der Waals surface area contributed by atoms with Crippen LogP contribution in [0.25, 0.3) is 0 Å². The van der Waals surface area contributed by atoms with Crippen molar-refractivity contribution in [3.8, 4) is 0 Å². The zero-order chi connectivity index (χ0) is 16.7. The summed E-state index contributed by atoms with van der Waals surface area (Å²) in [5.41, 5.74) is 2.52. The summed E-state index contributed by atoms with van der Waals surface area (Å²) in [6, 6.07) is 15.9. The van der Waals surface area contributed by atoms with Crippen LogP contribution >= 0.6 is 23.2 Å². The number of benzene rings is 2. The maximum Gasteiger partial charge on any atom is 0.0639 e. The molecule has 1 N–H and O–H groups in total. The molecule has 4 heteroatoms. The van der Waals surface area contributed by atoms with Crippen molar-refractivity contribution in [1.82, 2.24) is 4.90 Å². The zero-order valence-electron chi connectivity index (χ0n) is 13.4. The van der Waals surface area contributed by atoms with Gasteiger partial charge in [-0.05, 0) is 55.2 Å². The highest BCUT2D eigenvalue weighted by atomic mass is 35.5. The Morgan fingerprint density at radius 3 is 1.57 bits per heavy atom. The van der Waals surface area contributed by atoms with Crippen LogP contribution in [0.15, 0.2) is 48.5 Å². The molecular weight excluding hydrogens is 329 g/mol. The van der Waals surface area contributed by atoms with Crippen LogP contribution in [-0.2, 0) is 12.8 Å². The van der Waals surface area contributed by atoms with E-state index in [9.17, 15) is 5.11 Å². The molecule has 1 atom stereocenters. The number of hydrogen-bond acceptors (Lipinski definition) is 2. The van der Waals surface area contributed by atoms with E-state index in [2.05, 4.69) is 29.2 Å². The van der Waals surface area contributed by atoms with Crippen LogP contribution in [0.4, 0.5) is 0 Å². The van der Waals surface area contributed by atoms with Gasteiger partial charge in [-0.3, -0.25) is 0 Å². The molecule has 124 valence electrons. The lowest BCUT2D eigenvalue weighted by molar-refractivity contribution is 0.128. The Hall–Kier alpha value is -1.06. The summed E-state index contributed by atoms with van der Waals surface area (Å²) < 4.78 is 0. The highest BCUT2D eigenvalue weighted by Crippen LogP contribution is 2.12. The average Bonchev–Trinajstić information content (AvgIpc) is 2.52. The molecule has 0 saturated heterocycles. The molecule has 0 amide bonds. The van der Waals surface area contributed by atoms with Crippen LogP contribution in [0.1, 0.15) is 18.1 Å². The van der Waals surface area contributed by atoms with Crippen LogP contribution in [0.3, 0.4) is 0 Å². The lowest BCUT2D eigenvalue weighted by Gasteiger charge is -2.24. The molecule has 23 heavy (non-hydrogen) atoms. The third-order valence-electron chi connectivity index (χ3n) is 3.78. The maximum atomic E-state index is 9.71. The van der Waals surface area contributed by atoms with Gasteiger partial charge in [0.15, 0.2) is 0 Å². The quantitative estimate of drug-likeness (QED) is 0.758.